The van der Waals surface area contributed by atoms with Crippen molar-refractivity contribution in [1.82, 2.24) is 10.2 Å². The van der Waals surface area contributed by atoms with Crippen LogP contribution in [0.2, 0.25) is 0 Å². The largest absolute Gasteiger partial charge is 0.497 e. The Bertz CT molecular complexity index is 402. The monoisotopic (exact) mass is 290 g/mol. The van der Waals surface area contributed by atoms with Gasteiger partial charge in [-0.2, -0.15) is 0 Å². The lowest BCUT2D eigenvalue weighted by Crippen LogP contribution is -2.43. The highest BCUT2D eigenvalue weighted by Crippen LogP contribution is 2.25. The van der Waals surface area contributed by atoms with E-state index in [0.717, 1.165) is 24.8 Å². The lowest BCUT2D eigenvalue weighted by Gasteiger charge is -2.35. The van der Waals surface area contributed by atoms with Crippen molar-refractivity contribution in [2.75, 3.05) is 27.2 Å². The Morgan fingerprint density at radius 2 is 1.90 bits per heavy atom. The Morgan fingerprint density at radius 3 is 2.57 bits per heavy atom. The number of methoxy groups -OCH3 is 1. The highest BCUT2D eigenvalue weighted by molar-refractivity contribution is 5.27. The molecule has 2 unspecified atom stereocenters. The predicted molar refractivity (Wildman–Crippen MR) is 88.8 cm³/mol. The van der Waals surface area contributed by atoms with Crippen LogP contribution in [0.3, 0.4) is 0 Å². The predicted octanol–water partition coefficient (Wildman–Crippen LogP) is 3.30. The summed E-state index contributed by atoms with van der Waals surface area (Å²) in [5.74, 6) is 1.72. The molecule has 3 heteroatoms. The second-order valence-electron chi connectivity index (χ2n) is 6.25. The van der Waals surface area contributed by atoms with Crippen molar-refractivity contribution in [3.63, 3.8) is 0 Å². The van der Waals surface area contributed by atoms with E-state index in [-0.39, 0.29) is 0 Å². The molecule has 0 amide bonds. The number of ether oxygens (including phenoxy) is 1. The van der Waals surface area contributed by atoms with Crippen LogP contribution in [0.25, 0.3) is 0 Å². The molecule has 0 aliphatic heterocycles. The molecule has 1 aromatic carbocycles. The van der Waals surface area contributed by atoms with Crippen molar-refractivity contribution in [2.24, 2.45) is 5.92 Å². The smallest absolute Gasteiger partial charge is 0.118 e. The Kier molecular flexibility index (Phi) is 6.52. The van der Waals surface area contributed by atoms with Crippen LogP contribution < -0.4 is 10.1 Å². The fraction of sp³-hybridized carbons (Fsp3) is 0.667. The van der Waals surface area contributed by atoms with Crippen molar-refractivity contribution in [1.29, 1.82) is 0 Å². The Morgan fingerprint density at radius 1 is 1.19 bits per heavy atom. The Balaban J connectivity index is 1.85. The summed E-state index contributed by atoms with van der Waals surface area (Å²) in [5.41, 5.74) is 1.36. The van der Waals surface area contributed by atoms with Gasteiger partial charge in [0.05, 0.1) is 7.11 Å². The quantitative estimate of drug-likeness (QED) is 0.834. The zero-order valence-corrected chi connectivity index (χ0v) is 13.8. The summed E-state index contributed by atoms with van der Waals surface area (Å²) >= 11 is 0. The van der Waals surface area contributed by atoms with E-state index in [1.54, 1.807) is 7.11 Å². The van der Waals surface area contributed by atoms with Gasteiger partial charge in [0.2, 0.25) is 0 Å². The molecule has 0 heterocycles. The van der Waals surface area contributed by atoms with Gasteiger partial charge >= 0.3 is 0 Å². The number of nitrogens with one attached hydrogen (secondary N) is 1. The van der Waals surface area contributed by atoms with E-state index in [0.29, 0.717) is 6.04 Å². The highest BCUT2D eigenvalue weighted by atomic mass is 16.5. The van der Waals surface area contributed by atoms with Crippen LogP contribution in [0.15, 0.2) is 24.3 Å². The van der Waals surface area contributed by atoms with Crippen LogP contribution in [-0.4, -0.2) is 38.2 Å². The molecule has 1 N–H and O–H groups in total. The number of hydrogen-bond donors (Lipinski definition) is 1. The number of nitrogens with zero attached hydrogens (tertiary/aromatic N) is 1. The average molecular weight is 290 g/mol. The average Bonchev–Trinajstić information content (AvgIpc) is 2.50. The third kappa shape index (κ3) is 5.01. The minimum absolute atomic E-state index is 0.710. The van der Waals surface area contributed by atoms with Crippen LogP contribution in [0.5, 0.6) is 5.75 Å². The fourth-order valence-corrected chi connectivity index (χ4v) is 3.46. The molecule has 1 saturated carbocycles. The third-order valence-electron chi connectivity index (χ3n) is 4.53. The SMILES string of the molecule is CCNC1CCCCC1CN(C)Cc1ccc(OC)cc1. The lowest BCUT2D eigenvalue weighted by atomic mass is 9.84. The van der Waals surface area contributed by atoms with Gasteiger partial charge in [-0.3, -0.25) is 0 Å². The first-order valence-corrected chi connectivity index (χ1v) is 8.27. The van der Waals surface area contributed by atoms with E-state index >= 15 is 0 Å². The van der Waals surface area contributed by atoms with Gasteiger partial charge in [-0.15, -0.1) is 0 Å². The topological polar surface area (TPSA) is 24.5 Å². The Hall–Kier alpha value is -1.06. The summed E-state index contributed by atoms with van der Waals surface area (Å²) in [6.07, 6.45) is 5.48. The number of rotatable bonds is 7. The standard InChI is InChI=1S/C18H30N2O/c1-4-19-18-8-6-5-7-16(18)14-20(2)13-15-9-11-17(21-3)12-10-15/h9-12,16,18-19H,4-8,13-14H2,1-3H3. The van der Waals surface area contributed by atoms with E-state index in [1.165, 1.54) is 37.8 Å². The normalized spacial score (nSPS) is 22.5. The van der Waals surface area contributed by atoms with E-state index in [1.807, 2.05) is 12.1 Å². The molecule has 1 aliphatic rings. The maximum absolute atomic E-state index is 5.21. The van der Waals surface area contributed by atoms with Gasteiger partial charge in [-0.25, -0.2) is 0 Å². The first kappa shape index (κ1) is 16.3. The first-order chi connectivity index (χ1) is 10.2. The molecule has 118 valence electrons. The number of benzene rings is 1. The molecular formula is C18H30N2O. The van der Waals surface area contributed by atoms with Gasteiger partial charge in [0.25, 0.3) is 0 Å². The first-order valence-electron chi connectivity index (χ1n) is 8.27. The van der Waals surface area contributed by atoms with Gasteiger partial charge in [0.1, 0.15) is 5.75 Å². The van der Waals surface area contributed by atoms with Crippen molar-refractivity contribution >= 4 is 0 Å². The third-order valence-corrected chi connectivity index (χ3v) is 4.53. The van der Waals surface area contributed by atoms with E-state index in [9.17, 15) is 0 Å². The Labute approximate surface area is 129 Å². The maximum atomic E-state index is 5.21. The second-order valence-corrected chi connectivity index (χ2v) is 6.25. The van der Waals surface area contributed by atoms with Crippen LogP contribution in [0.1, 0.15) is 38.2 Å². The summed E-state index contributed by atoms with van der Waals surface area (Å²) in [7, 11) is 3.95. The molecule has 0 radical (unpaired) electrons. The highest BCUT2D eigenvalue weighted by Gasteiger charge is 2.25. The molecule has 0 bridgehead atoms. The van der Waals surface area contributed by atoms with Crippen molar-refractivity contribution in [3.8, 4) is 5.75 Å². The van der Waals surface area contributed by atoms with Gasteiger partial charge in [0.15, 0.2) is 0 Å². The summed E-state index contributed by atoms with van der Waals surface area (Å²) in [4.78, 5) is 2.46. The molecule has 21 heavy (non-hydrogen) atoms. The molecule has 0 spiro atoms. The molecule has 1 aromatic rings. The summed E-state index contributed by atoms with van der Waals surface area (Å²) < 4.78 is 5.21. The number of hydrogen-bond acceptors (Lipinski definition) is 3. The van der Waals surface area contributed by atoms with Gasteiger partial charge in [-0.05, 0) is 50.0 Å². The lowest BCUT2D eigenvalue weighted by molar-refractivity contribution is 0.186. The molecule has 2 rings (SSSR count). The second kappa shape index (κ2) is 8.40. The molecular weight excluding hydrogens is 260 g/mol. The van der Waals surface area contributed by atoms with Crippen LogP contribution in [-0.2, 0) is 6.54 Å². The van der Waals surface area contributed by atoms with Crippen LogP contribution in [0.4, 0.5) is 0 Å². The summed E-state index contributed by atoms with van der Waals surface area (Å²) in [5, 5.41) is 3.68. The molecule has 1 fully saturated rings. The minimum atomic E-state index is 0.710. The van der Waals surface area contributed by atoms with Gasteiger partial charge in [-0.1, -0.05) is 31.9 Å². The van der Waals surface area contributed by atoms with Crippen molar-refractivity contribution < 1.29 is 4.74 Å². The fourth-order valence-electron chi connectivity index (χ4n) is 3.46. The van der Waals surface area contributed by atoms with Gasteiger partial charge in [0, 0.05) is 19.1 Å². The van der Waals surface area contributed by atoms with E-state index in [4.69, 9.17) is 4.74 Å². The molecule has 0 aromatic heterocycles. The van der Waals surface area contributed by atoms with Crippen molar-refractivity contribution in [3.05, 3.63) is 29.8 Å². The molecule has 2 atom stereocenters. The molecule has 1 aliphatic carbocycles. The summed E-state index contributed by atoms with van der Waals surface area (Å²) in [6, 6.07) is 9.13. The van der Waals surface area contributed by atoms with Gasteiger partial charge < -0.3 is 15.0 Å². The summed E-state index contributed by atoms with van der Waals surface area (Å²) in [6.45, 7) is 5.50. The van der Waals surface area contributed by atoms with Crippen LogP contribution >= 0.6 is 0 Å². The zero-order valence-electron chi connectivity index (χ0n) is 13.8. The minimum Gasteiger partial charge on any atom is -0.497 e. The molecule has 0 saturated heterocycles. The molecule has 3 nitrogen and oxygen atoms in total. The van der Waals surface area contributed by atoms with Crippen LogP contribution in [0, 0.1) is 5.92 Å². The zero-order chi connectivity index (χ0) is 15.1. The van der Waals surface area contributed by atoms with Crippen molar-refractivity contribution in [2.45, 2.75) is 45.2 Å². The maximum Gasteiger partial charge on any atom is 0.118 e. The van der Waals surface area contributed by atoms with E-state index in [2.05, 4.69) is 36.3 Å². The van der Waals surface area contributed by atoms with E-state index < -0.39 is 0 Å².